The summed E-state index contributed by atoms with van der Waals surface area (Å²) in [7, 11) is 0. The van der Waals surface area contributed by atoms with Gasteiger partial charge in [-0.15, -0.1) is 22.0 Å². The molecule has 1 heterocycles. The van der Waals surface area contributed by atoms with E-state index < -0.39 is 0 Å². The van der Waals surface area contributed by atoms with Crippen LogP contribution in [0.4, 0.5) is 11.4 Å². The molecule has 0 saturated heterocycles. The van der Waals surface area contributed by atoms with Crippen LogP contribution in [0.2, 0.25) is 0 Å². The summed E-state index contributed by atoms with van der Waals surface area (Å²) >= 11 is 3.03. The highest BCUT2D eigenvalue weighted by Gasteiger charge is 2.16. The normalized spacial score (nSPS) is 10.7. The predicted molar refractivity (Wildman–Crippen MR) is 142 cm³/mol. The molecule has 2 amide bonds. The number of rotatable bonds is 9. The summed E-state index contributed by atoms with van der Waals surface area (Å²) in [6.07, 6.45) is 0. The van der Waals surface area contributed by atoms with Crippen LogP contribution < -0.4 is 10.6 Å². The van der Waals surface area contributed by atoms with Gasteiger partial charge in [0.25, 0.3) is 0 Å². The monoisotopic (exact) mass is 503 g/mol. The molecule has 9 heteroatoms. The van der Waals surface area contributed by atoms with Gasteiger partial charge in [-0.2, -0.15) is 0 Å². The molecule has 35 heavy (non-hydrogen) atoms. The molecule has 2 N–H and O–H groups in total. The lowest BCUT2D eigenvalue weighted by Crippen LogP contribution is -2.14. The zero-order valence-corrected chi connectivity index (χ0v) is 21.0. The first kappa shape index (κ1) is 24.6. The fourth-order valence-electron chi connectivity index (χ4n) is 3.27. The van der Waals surface area contributed by atoms with Gasteiger partial charge in [-0.1, -0.05) is 47.7 Å². The van der Waals surface area contributed by atoms with Crippen molar-refractivity contribution in [1.29, 1.82) is 0 Å². The van der Waals surface area contributed by atoms with Gasteiger partial charge in [-0.25, -0.2) is 0 Å². The number of aryl methyl sites for hydroxylation is 1. The van der Waals surface area contributed by atoms with Crippen molar-refractivity contribution in [2.24, 2.45) is 0 Å². The highest BCUT2D eigenvalue weighted by Crippen LogP contribution is 2.27. The lowest BCUT2D eigenvalue weighted by molar-refractivity contribution is -0.114. The third-order valence-electron chi connectivity index (χ3n) is 4.93. The molecule has 0 bridgehead atoms. The maximum Gasteiger partial charge on any atom is 0.234 e. The molecule has 0 aliphatic carbocycles. The maximum atomic E-state index is 12.6. The molecule has 4 aromatic rings. The zero-order valence-electron chi connectivity index (χ0n) is 19.4. The molecule has 4 rings (SSSR count). The molecule has 0 aliphatic heterocycles. The SMILES string of the molecule is CC(=O)Nc1ccc(NC(=O)CSc2nnc(CSc3ccc(C)cc3)n2-c2ccccc2)cc1. The van der Waals surface area contributed by atoms with Crippen LogP contribution in [0, 0.1) is 6.92 Å². The van der Waals surface area contributed by atoms with E-state index in [1.165, 1.54) is 24.2 Å². The molecule has 1 aromatic heterocycles. The van der Waals surface area contributed by atoms with Gasteiger partial charge in [0.1, 0.15) is 5.82 Å². The lowest BCUT2D eigenvalue weighted by Gasteiger charge is -2.10. The molecule has 0 unspecified atom stereocenters. The third kappa shape index (κ3) is 6.97. The number of nitrogens with zero attached hydrogens (tertiary/aromatic N) is 3. The van der Waals surface area contributed by atoms with Crippen molar-refractivity contribution in [1.82, 2.24) is 14.8 Å². The van der Waals surface area contributed by atoms with Crippen LogP contribution in [0.3, 0.4) is 0 Å². The standard InChI is InChI=1S/C26H25N5O2S2/c1-18-8-14-23(15-9-18)34-16-24-29-30-26(31(24)22-6-4-3-5-7-22)35-17-25(33)28-21-12-10-20(11-13-21)27-19(2)32/h3-15H,16-17H2,1-2H3,(H,27,32)(H,28,33). The molecular formula is C26H25N5O2S2. The second kappa shape index (κ2) is 11.7. The Bertz CT molecular complexity index is 1290. The molecule has 3 aromatic carbocycles. The van der Waals surface area contributed by atoms with Gasteiger partial charge in [0.2, 0.25) is 11.8 Å². The quantitative estimate of drug-likeness (QED) is 0.291. The Balaban J connectivity index is 1.43. The van der Waals surface area contributed by atoms with Crippen LogP contribution >= 0.6 is 23.5 Å². The van der Waals surface area contributed by atoms with Crippen molar-refractivity contribution in [2.75, 3.05) is 16.4 Å². The van der Waals surface area contributed by atoms with Crippen LogP contribution in [0.25, 0.3) is 5.69 Å². The Labute approximate surface area is 212 Å². The van der Waals surface area contributed by atoms with E-state index >= 15 is 0 Å². The van der Waals surface area contributed by atoms with E-state index in [1.807, 2.05) is 34.9 Å². The first-order valence-electron chi connectivity index (χ1n) is 11.0. The van der Waals surface area contributed by atoms with Gasteiger partial charge >= 0.3 is 0 Å². The molecule has 0 saturated carbocycles. The van der Waals surface area contributed by atoms with Crippen molar-refractivity contribution < 1.29 is 9.59 Å². The van der Waals surface area contributed by atoms with Crippen LogP contribution in [0.1, 0.15) is 18.3 Å². The molecule has 0 atom stereocenters. The summed E-state index contributed by atoms with van der Waals surface area (Å²) in [6, 6.07) is 25.3. The van der Waals surface area contributed by atoms with Gasteiger partial charge < -0.3 is 10.6 Å². The first-order valence-corrected chi connectivity index (χ1v) is 12.9. The number of hydrogen-bond acceptors (Lipinski definition) is 6. The maximum absolute atomic E-state index is 12.6. The van der Waals surface area contributed by atoms with Gasteiger partial charge in [0, 0.05) is 28.9 Å². The topological polar surface area (TPSA) is 88.9 Å². The van der Waals surface area contributed by atoms with Crippen molar-refractivity contribution in [3.05, 3.63) is 90.3 Å². The van der Waals surface area contributed by atoms with Crippen LogP contribution in [-0.2, 0) is 15.3 Å². The summed E-state index contributed by atoms with van der Waals surface area (Å²) in [5.74, 6) is 1.36. The van der Waals surface area contributed by atoms with E-state index in [4.69, 9.17) is 0 Å². The van der Waals surface area contributed by atoms with Crippen molar-refractivity contribution in [3.8, 4) is 5.69 Å². The van der Waals surface area contributed by atoms with E-state index in [0.717, 1.165) is 16.4 Å². The number of amides is 2. The largest absolute Gasteiger partial charge is 0.326 e. The van der Waals surface area contributed by atoms with Crippen LogP contribution in [0.15, 0.2) is 88.9 Å². The lowest BCUT2D eigenvalue weighted by atomic mass is 10.2. The van der Waals surface area contributed by atoms with Gasteiger partial charge in [0.05, 0.1) is 11.5 Å². The molecule has 0 radical (unpaired) electrons. The van der Waals surface area contributed by atoms with Gasteiger partial charge in [0.15, 0.2) is 5.16 Å². The van der Waals surface area contributed by atoms with E-state index in [2.05, 4.69) is 52.0 Å². The second-order valence-corrected chi connectivity index (χ2v) is 9.76. The van der Waals surface area contributed by atoms with Gasteiger partial charge in [-0.3, -0.25) is 14.2 Å². The predicted octanol–water partition coefficient (Wildman–Crippen LogP) is 5.56. The molecule has 0 spiro atoms. The van der Waals surface area contributed by atoms with E-state index in [1.54, 1.807) is 36.0 Å². The Morgan fingerprint density at radius 2 is 1.49 bits per heavy atom. The number of carbonyl (C=O) groups is 2. The van der Waals surface area contributed by atoms with Crippen LogP contribution in [-0.4, -0.2) is 32.3 Å². The second-order valence-electron chi connectivity index (χ2n) is 7.77. The summed E-state index contributed by atoms with van der Waals surface area (Å²) in [4.78, 5) is 24.9. The Kier molecular flexibility index (Phi) is 8.23. The fourth-order valence-corrected chi connectivity index (χ4v) is 4.86. The smallest absolute Gasteiger partial charge is 0.234 e. The number of nitrogens with one attached hydrogen (secondary N) is 2. The third-order valence-corrected chi connectivity index (χ3v) is 6.86. The number of carbonyl (C=O) groups excluding carboxylic acids is 2. The minimum atomic E-state index is -0.152. The highest BCUT2D eigenvalue weighted by atomic mass is 32.2. The van der Waals surface area contributed by atoms with E-state index in [0.29, 0.717) is 22.3 Å². The van der Waals surface area contributed by atoms with Gasteiger partial charge in [-0.05, 0) is 55.5 Å². The van der Waals surface area contributed by atoms with Crippen LogP contribution in [0.5, 0.6) is 0 Å². The van der Waals surface area contributed by atoms with E-state index in [-0.39, 0.29) is 17.6 Å². The molecular weight excluding hydrogens is 478 g/mol. The van der Waals surface area contributed by atoms with Crippen molar-refractivity contribution in [3.63, 3.8) is 0 Å². The van der Waals surface area contributed by atoms with Crippen molar-refractivity contribution in [2.45, 2.75) is 29.7 Å². The minimum Gasteiger partial charge on any atom is -0.326 e. The summed E-state index contributed by atoms with van der Waals surface area (Å²) < 4.78 is 2.00. The zero-order chi connectivity index (χ0) is 24.6. The summed E-state index contributed by atoms with van der Waals surface area (Å²) in [6.45, 7) is 3.52. The van der Waals surface area contributed by atoms with E-state index in [9.17, 15) is 9.59 Å². The minimum absolute atomic E-state index is 0.141. The molecule has 0 fully saturated rings. The summed E-state index contributed by atoms with van der Waals surface area (Å²) in [5.41, 5.74) is 3.51. The highest BCUT2D eigenvalue weighted by molar-refractivity contribution is 7.99. The average Bonchev–Trinajstić information content (AvgIpc) is 3.27. The Hall–Kier alpha value is -3.56. The number of anilines is 2. The number of benzene rings is 3. The number of thioether (sulfide) groups is 2. The number of para-hydroxylation sites is 1. The molecule has 0 aliphatic rings. The average molecular weight is 504 g/mol. The summed E-state index contributed by atoms with van der Waals surface area (Å²) in [5, 5.41) is 15.0. The van der Waals surface area contributed by atoms with Crippen molar-refractivity contribution >= 4 is 46.7 Å². The Morgan fingerprint density at radius 3 is 2.14 bits per heavy atom. The Morgan fingerprint density at radius 1 is 0.829 bits per heavy atom. The molecule has 7 nitrogen and oxygen atoms in total. The number of aromatic nitrogens is 3. The fraction of sp³-hybridized carbons (Fsp3) is 0.154. The first-order chi connectivity index (χ1) is 17.0. The number of hydrogen-bond donors (Lipinski definition) is 2. The molecule has 178 valence electrons.